The maximum atomic E-state index is 3.31. The van der Waals surface area contributed by atoms with Crippen molar-refractivity contribution >= 4 is 11.9 Å². The maximum absolute atomic E-state index is 3.31. The Morgan fingerprint density at radius 1 is 1.50 bits per heavy atom. The van der Waals surface area contributed by atoms with Crippen LogP contribution in [0.3, 0.4) is 0 Å². The smallest absolute Gasteiger partial charge is 0.0693 e. The number of nitrogens with zero attached hydrogens (tertiary/aromatic N) is 1. The number of rotatable bonds is 2. The molecule has 1 fully saturated rings. The van der Waals surface area contributed by atoms with E-state index in [0.717, 1.165) is 0 Å². The van der Waals surface area contributed by atoms with Crippen LogP contribution in [-0.4, -0.2) is 30.3 Å². The third kappa shape index (κ3) is 1.87. The second-order valence-electron chi connectivity index (χ2n) is 2.62. The van der Waals surface area contributed by atoms with Crippen molar-refractivity contribution in [1.29, 1.82) is 0 Å². The van der Waals surface area contributed by atoms with Crippen molar-refractivity contribution in [3.8, 4) is 0 Å². The average molecular weight is 160 g/mol. The molecule has 0 aromatic heterocycles. The van der Waals surface area contributed by atoms with Gasteiger partial charge in [-0.3, -0.25) is 0 Å². The summed E-state index contributed by atoms with van der Waals surface area (Å²) in [6.07, 6.45) is 6.80. The van der Waals surface area contributed by atoms with E-state index in [9.17, 15) is 0 Å². The van der Waals surface area contributed by atoms with Crippen LogP contribution in [-0.2, 0) is 0 Å². The zero-order valence-electron chi connectivity index (χ0n) is 6.76. The van der Waals surface area contributed by atoms with Gasteiger partial charge in [-0.15, -0.1) is 0 Å². The first kappa shape index (κ1) is 8.37. The van der Waals surface area contributed by atoms with Crippen molar-refractivity contribution in [2.45, 2.75) is 25.4 Å². The van der Waals surface area contributed by atoms with Gasteiger partial charge >= 0.3 is 0 Å². The van der Waals surface area contributed by atoms with Gasteiger partial charge in [0.25, 0.3) is 0 Å². The monoisotopic (exact) mass is 160 g/mol. The SMILES string of the molecule is CNC1CCCCN1SC. The lowest BCUT2D eigenvalue weighted by molar-refractivity contribution is 0.245. The van der Waals surface area contributed by atoms with Crippen LogP contribution >= 0.6 is 11.9 Å². The summed E-state index contributed by atoms with van der Waals surface area (Å²) in [4.78, 5) is 0. The normalized spacial score (nSPS) is 28.8. The van der Waals surface area contributed by atoms with Gasteiger partial charge in [0.2, 0.25) is 0 Å². The molecule has 1 aliphatic heterocycles. The van der Waals surface area contributed by atoms with E-state index in [2.05, 4.69) is 15.9 Å². The third-order valence-corrected chi connectivity index (χ3v) is 2.93. The Morgan fingerprint density at radius 3 is 2.80 bits per heavy atom. The zero-order valence-corrected chi connectivity index (χ0v) is 7.58. The van der Waals surface area contributed by atoms with E-state index < -0.39 is 0 Å². The highest BCUT2D eigenvalue weighted by Crippen LogP contribution is 2.20. The average Bonchev–Trinajstić information content (AvgIpc) is 2.04. The lowest BCUT2D eigenvalue weighted by atomic mass is 10.1. The van der Waals surface area contributed by atoms with E-state index in [-0.39, 0.29) is 0 Å². The highest BCUT2D eigenvalue weighted by atomic mass is 32.2. The Balaban J connectivity index is 2.34. The molecular formula is C7H16N2S. The van der Waals surface area contributed by atoms with E-state index in [1.54, 1.807) is 0 Å². The van der Waals surface area contributed by atoms with Crippen LogP contribution in [0.4, 0.5) is 0 Å². The molecule has 1 atom stereocenters. The van der Waals surface area contributed by atoms with Gasteiger partial charge < -0.3 is 5.32 Å². The Bertz CT molecular complexity index is 85.6. The molecule has 0 radical (unpaired) electrons. The lowest BCUT2D eigenvalue weighted by Crippen LogP contribution is -2.42. The van der Waals surface area contributed by atoms with Crippen molar-refractivity contribution in [2.24, 2.45) is 0 Å². The number of nitrogens with one attached hydrogen (secondary N) is 1. The Hall–Kier alpha value is 0.270. The topological polar surface area (TPSA) is 15.3 Å². The minimum absolute atomic E-state index is 0.615. The summed E-state index contributed by atoms with van der Waals surface area (Å²) in [6.45, 7) is 1.24. The van der Waals surface area contributed by atoms with Crippen molar-refractivity contribution in [1.82, 2.24) is 9.62 Å². The van der Waals surface area contributed by atoms with Gasteiger partial charge in [-0.05, 0) is 32.6 Å². The van der Waals surface area contributed by atoms with Gasteiger partial charge in [-0.25, -0.2) is 4.31 Å². The third-order valence-electron chi connectivity index (χ3n) is 2.02. The first-order valence-corrected chi connectivity index (χ1v) is 5.04. The number of hydrogen-bond acceptors (Lipinski definition) is 3. The van der Waals surface area contributed by atoms with Crippen LogP contribution in [0.25, 0.3) is 0 Å². The predicted molar refractivity (Wildman–Crippen MR) is 46.9 cm³/mol. The molecule has 10 heavy (non-hydrogen) atoms. The molecule has 0 aliphatic carbocycles. The molecule has 1 heterocycles. The summed E-state index contributed by atoms with van der Waals surface area (Å²) >= 11 is 1.85. The van der Waals surface area contributed by atoms with Crippen LogP contribution < -0.4 is 5.32 Å². The molecule has 0 amide bonds. The van der Waals surface area contributed by atoms with Gasteiger partial charge in [0, 0.05) is 6.54 Å². The first-order chi connectivity index (χ1) is 4.88. The van der Waals surface area contributed by atoms with Crippen molar-refractivity contribution < 1.29 is 0 Å². The van der Waals surface area contributed by atoms with Gasteiger partial charge in [0.1, 0.15) is 0 Å². The molecule has 1 unspecified atom stereocenters. The van der Waals surface area contributed by atoms with Crippen LogP contribution in [0.1, 0.15) is 19.3 Å². The van der Waals surface area contributed by atoms with Crippen molar-refractivity contribution in [3.63, 3.8) is 0 Å². The van der Waals surface area contributed by atoms with Gasteiger partial charge in [0.15, 0.2) is 0 Å². The van der Waals surface area contributed by atoms with Crippen molar-refractivity contribution in [3.05, 3.63) is 0 Å². The molecule has 2 nitrogen and oxygen atoms in total. The van der Waals surface area contributed by atoms with Gasteiger partial charge in [0.05, 0.1) is 6.17 Å². The van der Waals surface area contributed by atoms with Crippen LogP contribution in [0.2, 0.25) is 0 Å². The van der Waals surface area contributed by atoms with E-state index >= 15 is 0 Å². The molecule has 1 saturated heterocycles. The molecule has 1 N–H and O–H groups in total. The first-order valence-electron chi connectivity index (χ1n) is 3.86. The Morgan fingerprint density at radius 2 is 2.30 bits per heavy atom. The van der Waals surface area contributed by atoms with E-state index in [4.69, 9.17) is 0 Å². The van der Waals surface area contributed by atoms with E-state index in [1.807, 2.05) is 19.0 Å². The van der Waals surface area contributed by atoms with Gasteiger partial charge in [-0.2, -0.15) is 0 Å². The second-order valence-corrected chi connectivity index (χ2v) is 3.46. The number of piperidine rings is 1. The van der Waals surface area contributed by atoms with Crippen LogP contribution in [0.15, 0.2) is 0 Å². The van der Waals surface area contributed by atoms with E-state index in [1.165, 1.54) is 25.8 Å². The lowest BCUT2D eigenvalue weighted by Gasteiger charge is -2.33. The highest BCUT2D eigenvalue weighted by molar-refractivity contribution is 7.96. The minimum Gasteiger partial charge on any atom is -0.304 e. The Kier molecular flexibility index (Phi) is 3.52. The summed E-state index contributed by atoms with van der Waals surface area (Å²) in [5.74, 6) is 0. The zero-order chi connectivity index (χ0) is 7.40. The highest BCUT2D eigenvalue weighted by Gasteiger charge is 2.18. The summed E-state index contributed by atoms with van der Waals surface area (Å²) in [5.41, 5.74) is 0. The summed E-state index contributed by atoms with van der Waals surface area (Å²) in [6, 6.07) is 0. The molecule has 60 valence electrons. The summed E-state index contributed by atoms with van der Waals surface area (Å²) in [5, 5.41) is 3.31. The molecule has 1 aliphatic rings. The van der Waals surface area contributed by atoms with E-state index in [0.29, 0.717) is 6.17 Å². The molecular weight excluding hydrogens is 144 g/mol. The maximum Gasteiger partial charge on any atom is 0.0693 e. The summed E-state index contributed by atoms with van der Waals surface area (Å²) < 4.78 is 2.42. The molecule has 1 rings (SSSR count). The molecule has 0 saturated carbocycles. The fourth-order valence-corrected chi connectivity index (χ4v) is 2.19. The summed E-state index contributed by atoms with van der Waals surface area (Å²) in [7, 11) is 2.04. The fraction of sp³-hybridized carbons (Fsp3) is 1.00. The largest absolute Gasteiger partial charge is 0.304 e. The minimum atomic E-state index is 0.615. The molecule has 0 aromatic carbocycles. The quantitative estimate of drug-likeness (QED) is 0.613. The molecule has 0 spiro atoms. The Labute approximate surface area is 67.5 Å². The fourth-order valence-electron chi connectivity index (χ4n) is 1.41. The molecule has 0 bridgehead atoms. The molecule has 0 aromatic rings. The van der Waals surface area contributed by atoms with Crippen LogP contribution in [0.5, 0.6) is 0 Å². The van der Waals surface area contributed by atoms with Crippen LogP contribution in [0, 0.1) is 0 Å². The second kappa shape index (κ2) is 4.21. The number of hydrogen-bond donors (Lipinski definition) is 1. The van der Waals surface area contributed by atoms with Crippen molar-refractivity contribution in [2.75, 3.05) is 19.8 Å². The standard InChI is InChI=1S/C7H16N2S/c1-8-7-5-3-4-6-9(7)10-2/h7-8H,3-6H2,1-2H3. The molecule has 3 heteroatoms. The van der Waals surface area contributed by atoms with Gasteiger partial charge in [-0.1, -0.05) is 11.9 Å². The predicted octanol–water partition coefficient (Wildman–Crippen LogP) is 1.30.